The van der Waals surface area contributed by atoms with Crippen LogP contribution in [-0.2, 0) is 22.6 Å². The Morgan fingerprint density at radius 3 is 2.88 bits per heavy atom. The molecule has 2 aromatic rings. The third-order valence-electron chi connectivity index (χ3n) is 4.44. The molecule has 2 heterocycles. The van der Waals surface area contributed by atoms with Gasteiger partial charge in [0, 0.05) is 31.1 Å². The molecule has 132 valence electrons. The molecule has 1 saturated heterocycles. The summed E-state index contributed by atoms with van der Waals surface area (Å²) in [4.78, 5) is 23.6. The fraction of sp³-hybridized carbons (Fsp3) is 0.421. The maximum absolute atomic E-state index is 12.3. The highest BCUT2D eigenvalue weighted by molar-refractivity contribution is 5.96. The monoisotopic (exact) mass is 340 g/mol. The van der Waals surface area contributed by atoms with Crippen molar-refractivity contribution in [1.82, 2.24) is 15.1 Å². The molecule has 1 unspecified atom stereocenters. The van der Waals surface area contributed by atoms with Crippen molar-refractivity contribution in [1.29, 1.82) is 0 Å². The van der Waals surface area contributed by atoms with Gasteiger partial charge in [0.2, 0.25) is 11.8 Å². The Hall–Kier alpha value is -2.63. The van der Waals surface area contributed by atoms with Crippen LogP contribution in [0.15, 0.2) is 30.3 Å². The number of anilines is 1. The van der Waals surface area contributed by atoms with Crippen LogP contribution in [-0.4, -0.2) is 28.1 Å². The molecule has 1 aromatic heterocycles. The highest BCUT2D eigenvalue weighted by Gasteiger charge is 2.28. The number of carbonyl (C=O) groups is 2. The molecule has 1 aliphatic heterocycles. The molecular weight excluding hydrogens is 316 g/mol. The van der Waals surface area contributed by atoms with Gasteiger partial charge in [0.15, 0.2) is 5.82 Å². The normalized spacial score (nSPS) is 16.7. The standard InChI is InChI=1S/C19H24N4O2/c1-3-6-13-7-5-8-14(9-13)16-11-17(22-23(16)4-2)21-19(25)15-10-18(24)20-12-15/h5,7-9,11,15H,3-4,6,10,12H2,1-2H3,(H,20,24)(H,21,22,25). The molecule has 0 saturated carbocycles. The van der Waals surface area contributed by atoms with E-state index in [0.717, 1.165) is 24.1 Å². The highest BCUT2D eigenvalue weighted by atomic mass is 16.2. The maximum atomic E-state index is 12.3. The van der Waals surface area contributed by atoms with Gasteiger partial charge in [-0.1, -0.05) is 31.5 Å². The van der Waals surface area contributed by atoms with Gasteiger partial charge in [-0.2, -0.15) is 5.10 Å². The van der Waals surface area contributed by atoms with E-state index in [9.17, 15) is 9.59 Å². The Labute approximate surface area is 147 Å². The molecule has 0 bridgehead atoms. The van der Waals surface area contributed by atoms with Crippen molar-refractivity contribution in [2.75, 3.05) is 11.9 Å². The summed E-state index contributed by atoms with van der Waals surface area (Å²) in [7, 11) is 0. The van der Waals surface area contributed by atoms with Gasteiger partial charge in [0.1, 0.15) is 0 Å². The number of carbonyl (C=O) groups excluding carboxylic acids is 2. The molecule has 6 heteroatoms. The summed E-state index contributed by atoms with van der Waals surface area (Å²) in [6, 6.07) is 10.3. The molecule has 6 nitrogen and oxygen atoms in total. The molecule has 1 fully saturated rings. The number of aromatic nitrogens is 2. The fourth-order valence-corrected chi connectivity index (χ4v) is 3.14. The van der Waals surface area contributed by atoms with E-state index in [1.807, 2.05) is 17.7 Å². The summed E-state index contributed by atoms with van der Waals surface area (Å²) < 4.78 is 1.89. The SMILES string of the molecule is CCCc1cccc(-c2cc(NC(=O)C3CNC(=O)C3)nn2CC)c1. The topological polar surface area (TPSA) is 76.0 Å². The van der Waals surface area contributed by atoms with E-state index >= 15 is 0 Å². The van der Waals surface area contributed by atoms with Crippen molar-refractivity contribution in [2.24, 2.45) is 5.92 Å². The largest absolute Gasteiger partial charge is 0.355 e. The zero-order chi connectivity index (χ0) is 17.8. The van der Waals surface area contributed by atoms with Gasteiger partial charge in [-0.3, -0.25) is 14.3 Å². The van der Waals surface area contributed by atoms with E-state index in [4.69, 9.17) is 0 Å². The molecule has 0 radical (unpaired) electrons. The van der Waals surface area contributed by atoms with E-state index < -0.39 is 0 Å². The third-order valence-corrected chi connectivity index (χ3v) is 4.44. The summed E-state index contributed by atoms with van der Waals surface area (Å²) >= 11 is 0. The molecule has 2 amide bonds. The van der Waals surface area contributed by atoms with Crippen LogP contribution >= 0.6 is 0 Å². The zero-order valence-corrected chi connectivity index (χ0v) is 14.7. The quantitative estimate of drug-likeness (QED) is 0.849. The molecule has 1 aromatic carbocycles. The first-order chi connectivity index (χ1) is 12.1. The summed E-state index contributed by atoms with van der Waals surface area (Å²) in [5.41, 5.74) is 3.37. The Bertz CT molecular complexity index is 781. The third kappa shape index (κ3) is 3.90. The van der Waals surface area contributed by atoms with Crippen LogP contribution in [0, 0.1) is 5.92 Å². The van der Waals surface area contributed by atoms with Gasteiger partial charge in [-0.15, -0.1) is 0 Å². The number of nitrogens with one attached hydrogen (secondary N) is 2. The predicted molar refractivity (Wildman–Crippen MR) is 97.1 cm³/mol. The minimum atomic E-state index is -0.324. The lowest BCUT2D eigenvalue weighted by Gasteiger charge is -2.06. The smallest absolute Gasteiger partial charge is 0.230 e. The van der Waals surface area contributed by atoms with Crippen molar-refractivity contribution < 1.29 is 9.59 Å². The minimum absolute atomic E-state index is 0.0762. The van der Waals surface area contributed by atoms with Crippen LogP contribution in [0.1, 0.15) is 32.3 Å². The first-order valence-corrected chi connectivity index (χ1v) is 8.85. The number of hydrogen-bond acceptors (Lipinski definition) is 3. The van der Waals surface area contributed by atoms with Gasteiger partial charge >= 0.3 is 0 Å². The first-order valence-electron chi connectivity index (χ1n) is 8.85. The molecule has 25 heavy (non-hydrogen) atoms. The number of nitrogens with zero attached hydrogens (tertiary/aromatic N) is 2. The van der Waals surface area contributed by atoms with E-state index in [1.54, 1.807) is 0 Å². The second-order valence-corrected chi connectivity index (χ2v) is 6.38. The van der Waals surface area contributed by atoms with E-state index in [-0.39, 0.29) is 24.2 Å². The Balaban J connectivity index is 1.81. The minimum Gasteiger partial charge on any atom is -0.355 e. The Morgan fingerprint density at radius 2 is 2.20 bits per heavy atom. The number of aryl methyl sites for hydroxylation is 2. The summed E-state index contributed by atoms with van der Waals surface area (Å²) in [5, 5.41) is 10.0. The Morgan fingerprint density at radius 1 is 1.36 bits per heavy atom. The maximum Gasteiger partial charge on any atom is 0.230 e. The van der Waals surface area contributed by atoms with Crippen molar-refractivity contribution in [3.63, 3.8) is 0 Å². The average Bonchev–Trinajstić information content (AvgIpc) is 3.21. The van der Waals surface area contributed by atoms with Gasteiger partial charge in [-0.25, -0.2) is 0 Å². The van der Waals surface area contributed by atoms with Crippen LogP contribution in [0.3, 0.4) is 0 Å². The van der Waals surface area contributed by atoms with Crippen LogP contribution < -0.4 is 10.6 Å². The molecule has 3 rings (SSSR count). The number of benzene rings is 1. The van der Waals surface area contributed by atoms with E-state index in [1.165, 1.54) is 5.56 Å². The average molecular weight is 340 g/mol. The molecule has 1 aliphatic rings. The second kappa shape index (κ2) is 7.51. The van der Waals surface area contributed by atoms with E-state index in [2.05, 4.69) is 46.9 Å². The number of amides is 2. The lowest BCUT2D eigenvalue weighted by Crippen LogP contribution is -2.24. The molecule has 1 atom stereocenters. The summed E-state index contributed by atoms with van der Waals surface area (Å²) in [5.74, 6) is -0.0317. The zero-order valence-electron chi connectivity index (χ0n) is 14.7. The number of hydrogen-bond donors (Lipinski definition) is 2. The van der Waals surface area contributed by atoms with Crippen molar-refractivity contribution in [3.8, 4) is 11.3 Å². The molecule has 2 N–H and O–H groups in total. The van der Waals surface area contributed by atoms with Crippen LogP contribution in [0.4, 0.5) is 5.82 Å². The summed E-state index contributed by atoms with van der Waals surface area (Å²) in [6.45, 7) is 5.30. The van der Waals surface area contributed by atoms with Gasteiger partial charge in [-0.05, 0) is 25.0 Å². The van der Waals surface area contributed by atoms with Crippen molar-refractivity contribution in [3.05, 3.63) is 35.9 Å². The lowest BCUT2D eigenvalue weighted by atomic mass is 10.0. The fourth-order valence-electron chi connectivity index (χ4n) is 3.14. The first kappa shape index (κ1) is 17.2. The van der Waals surface area contributed by atoms with Crippen LogP contribution in [0.2, 0.25) is 0 Å². The molecule has 0 aliphatic carbocycles. The highest BCUT2D eigenvalue weighted by Crippen LogP contribution is 2.25. The van der Waals surface area contributed by atoms with E-state index in [0.29, 0.717) is 18.9 Å². The Kier molecular flexibility index (Phi) is 5.16. The molecule has 0 spiro atoms. The van der Waals surface area contributed by atoms with Crippen molar-refractivity contribution >= 4 is 17.6 Å². The number of rotatable bonds is 6. The molecular formula is C19H24N4O2. The summed E-state index contributed by atoms with van der Waals surface area (Å²) in [6.07, 6.45) is 2.39. The van der Waals surface area contributed by atoms with Gasteiger partial charge in [0.25, 0.3) is 0 Å². The van der Waals surface area contributed by atoms with Crippen LogP contribution in [0.25, 0.3) is 11.3 Å². The second-order valence-electron chi connectivity index (χ2n) is 6.38. The van der Waals surface area contributed by atoms with Gasteiger partial charge in [0.05, 0.1) is 11.6 Å². The predicted octanol–water partition coefficient (Wildman–Crippen LogP) is 2.60. The lowest BCUT2D eigenvalue weighted by molar-refractivity contribution is -0.123. The van der Waals surface area contributed by atoms with Crippen LogP contribution in [0.5, 0.6) is 0 Å². The van der Waals surface area contributed by atoms with Crippen molar-refractivity contribution in [2.45, 2.75) is 39.7 Å². The van der Waals surface area contributed by atoms with Gasteiger partial charge < -0.3 is 10.6 Å².